The van der Waals surface area contributed by atoms with Crippen molar-refractivity contribution in [3.05, 3.63) is 29.3 Å². The van der Waals surface area contributed by atoms with E-state index < -0.39 is 0 Å². The molecule has 0 amide bonds. The van der Waals surface area contributed by atoms with Crippen molar-refractivity contribution < 1.29 is 5.11 Å². The van der Waals surface area contributed by atoms with Gasteiger partial charge in [0.05, 0.1) is 0 Å². The lowest BCUT2D eigenvalue weighted by molar-refractivity contribution is 0.384. The van der Waals surface area contributed by atoms with Gasteiger partial charge in [-0.2, -0.15) is 0 Å². The molecule has 1 fully saturated rings. The van der Waals surface area contributed by atoms with E-state index in [1.807, 2.05) is 26.2 Å². The first-order valence-electron chi connectivity index (χ1n) is 5.34. The third-order valence-corrected chi connectivity index (χ3v) is 2.84. The number of hydrogen-bond acceptors (Lipinski definition) is 3. The molecule has 0 aliphatic carbocycles. The van der Waals surface area contributed by atoms with Crippen LogP contribution >= 0.6 is 0 Å². The molecular formula is C12H18N2O. The van der Waals surface area contributed by atoms with Crippen LogP contribution in [0.15, 0.2) is 18.2 Å². The summed E-state index contributed by atoms with van der Waals surface area (Å²) >= 11 is 0. The van der Waals surface area contributed by atoms with Gasteiger partial charge in [0, 0.05) is 31.1 Å². The summed E-state index contributed by atoms with van der Waals surface area (Å²) in [4.78, 5) is 2.07. The molecule has 1 aromatic carbocycles. The summed E-state index contributed by atoms with van der Waals surface area (Å²) in [6, 6.07) is 5.97. The number of benzene rings is 1. The topological polar surface area (TPSA) is 35.5 Å². The molecule has 0 aromatic heterocycles. The first kappa shape index (κ1) is 10.5. The highest BCUT2D eigenvalue weighted by atomic mass is 16.3. The molecule has 0 radical (unpaired) electrons. The Morgan fingerprint density at radius 2 is 2.13 bits per heavy atom. The number of rotatable bonds is 3. The summed E-state index contributed by atoms with van der Waals surface area (Å²) in [7, 11) is 4.02. The summed E-state index contributed by atoms with van der Waals surface area (Å²) in [5.74, 6) is 1.03. The van der Waals surface area contributed by atoms with E-state index in [-0.39, 0.29) is 0 Å². The second-order valence-corrected chi connectivity index (χ2v) is 4.48. The number of nitrogens with zero attached hydrogens (tertiary/aromatic N) is 1. The zero-order chi connectivity index (χ0) is 10.8. The normalized spacial score (nSPS) is 16.7. The van der Waals surface area contributed by atoms with Crippen molar-refractivity contribution in [1.82, 2.24) is 10.2 Å². The van der Waals surface area contributed by atoms with Gasteiger partial charge in [0.15, 0.2) is 0 Å². The van der Waals surface area contributed by atoms with Gasteiger partial charge < -0.3 is 15.3 Å². The van der Waals surface area contributed by atoms with E-state index in [2.05, 4.69) is 16.3 Å². The quantitative estimate of drug-likeness (QED) is 0.778. The Bertz CT molecular complexity index is 345. The summed E-state index contributed by atoms with van der Waals surface area (Å²) in [6.45, 7) is 2.91. The molecule has 0 spiro atoms. The van der Waals surface area contributed by atoms with E-state index in [0.717, 1.165) is 25.2 Å². The van der Waals surface area contributed by atoms with Gasteiger partial charge in [0.25, 0.3) is 0 Å². The largest absolute Gasteiger partial charge is 0.508 e. The van der Waals surface area contributed by atoms with E-state index in [9.17, 15) is 5.11 Å². The van der Waals surface area contributed by atoms with Crippen LogP contribution in [0.1, 0.15) is 17.0 Å². The first-order chi connectivity index (χ1) is 7.16. The minimum Gasteiger partial charge on any atom is -0.508 e. The highest BCUT2D eigenvalue weighted by molar-refractivity contribution is 5.38. The molecule has 3 heteroatoms. The van der Waals surface area contributed by atoms with Crippen LogP contribution in [0.25, 0.3) is 0 Å². The molecule has 2 N–H and O–H groups in total. The Balaban J connectivity index is 2.19. The Labute approximate surface area is 90.7 Å². The third kappa shape index (κ3) is 2.30. The number of phenols is 1. The summed E-state index contributed by atoms with van der Waals surface area (Å²) < 4.78 is 0. The molecule has 1 heterocycles. The van der Waals surface area contributed by atoms with Crippen molar-refractivity contribution in [2.75, 3.05) is 27.2 Å². The minimum absolute atomic E-state index is 0.403. The van der Waals surface area contributed by atoms with Gasteiger partial charge in [-0.1, -0.05) is 12.1 Å². The molecule has 0 atom stereocenters. The Kier molecular flexibility index (Phi) is 2.93. The van der Waals surface area contributed by atoms with E-state index in [4.69, 9.17) is 0 Å². The second-order valence-electron chi connectivity index (χ2n) is 4.48. The summed E-state index contributed by atoms with van der Waals surface area (Å²) in [6.07, 6.45) is 0. The highest BCUT2D eigenvalue weighted by Gasteiger charge is 2.19. The molecule has 1 aliphatic rings. The minimum atomic E-state index is 0.403. The van der Waals surface area contributed by atoms with Gasteiger partial charge in [0.1, 0.15) is 5.75 Å². The lowest BCUT2D eigenvalue weighted by Crippen LogP contribution is -2.39. The first-order valence-corrected chi connectivity index (χ1v) is 5.34. The fourth-order valence-electron chi connectivity index (χ4n) is 1.85. The second kappa shape index (κ2) is 4.21. The lowest BCUT2D eigenvalue weighted by atomic mass is 9.92. The van der Waals surface area contributed by atoms with Gasteiger partial charge in [-0.25, -0.2) is 0 Å². The summed E-state index contributed by atoms with van der Waals surface area (Å²) in [5, 5.41) is 13.0. The molecule has 1 saturated heterocycles. The smallest absolute Gasteiger partial charge is 0.120 e. The van der Waals surface area contributed by atoms with Crippen molar-refractivity contribution in [2.24, 2.45) is 0 Å². The molecular weight excluding hydrogens is 188 g/mol. The molecule has 15 heavy (non-hydrogen) atoms. The molecule has 0 unspecified atom stereocenters. The van der Waals surface area contributed by atoms with Crippen LogP contribution < -0.4 is 5.32 Å². The van der Waals surface area contributed by atoms with Crippen LogP contribution in [0.3, 0.4) is 0 Å². The number of phenolic OH excluding ortho intramolecular Hbond substituents is 1. The van der Waals surface area contributed by atoms with Gasteiger partial charge in [-0.3, -0.25) is 0 Å². The molecule has 0 bridgehead atoms. The van der Waals surface area contributed by atoms with E-state index in [0.29, 0.717) is 11.7 Å². The highest BCUT2D eigenvalue weighted by Crippen LogP contribution is 2.26. The van der Waals surface area contributed by atoms with Gasteiger partial charge in [0.2, 0.25) is 0 Å². The monoisotopic (exact) mass is 206 g/mol. The Morgan fingerprint density at radius 3 is 2.67 bits per heavy atom. The van der Waals surface area contributed by atoms with Crippen LogP contribution in [0.5, 0.6) is 5.75 Å². The zero-order valence-electron chi connectivity index (χ0n) is 9.33. The fraction of sp³-hybridized carbons (Fsp3) is 0.500. The zero-order valence-corrected chi connectivity index (χ0v) is 9.33. The van der Waals surface area contributed by atoms with Crippen LogP contribution in [0.2, 0.25) is 0 Å². The standard InChI is InChI=1S/C12H18N2O/c1-14(2)8-10-5-9(3-4-12(10)15)11-6-13-7-11/h3-5,11,13,15H,6-8H2,1-2H3. The van der Waals surface area contributed by atoms with Crippen LogP contribution in [0, 0.1) is 0 Å². The van der Waals surface area contributed by atoms with E-state index >= 15 is 0 Å². The van der Waals surface area contributed by atoms with E-state index in [1.165, 1.54) is 5.56 Å². The van der Waals surface area contributed by atoms with Crippen molar-refractivity contribution in [2.45, 2.75) is 12.5 Å². The van der Waals surface area contributed by atoms with Crippen molar-refractivity contribution in [3.8, 4) is 5.75 Å². The predicted molar refractivity (Wildman–Crippen MR) is 61.1 cm³/mol. The summed E-state index contributed by atoms with van der Waals surface area (Å²) in [5.41, 5.74) is 2.35. The molecule has 2 rings (SSSR count). The average molecular weight is 206 g/mol. The Morgan fingerprint density at radius 1 is 1.40 bits per heavy atom. The van der Waals surface area contributed by atoms with Crippen molar-refractivity contribution in [3.63, 3.8) is 0 Å². The average Bonchev–Trinajstić information content (AvgIpc) is 2.07. The predicted octanol–water partition coefficient (Wildman–Crippen LogP) is 1.14. The maximum Gasteiger partial charge on any atom is 0.120 e. The maximum atomic E-state index is 9.71. The third-order valence-electron chi connectivity index (χ3n) is 2.84. The van der Waals surface area contributed by atoms with Gasteiger partial charge in [-0.15, -0.1) is 0 Å². The molecule has 3 nitrogen and oxygen atoms in total. The number of nitrogens with one attached hydrogen (secondary N) is 1. The van der Waals surface area contributed by atoms with E-state index in [1.54, 1.807) is 0 Å². The van der Waals surface area contributed by atoms with Gasteiger partial charge in [-0.05, 0) is 25.7 Å². The van der Waals surface area contributed by atoms with Crippen LogP contribution in [0.4, 0.5) is 0 Å². The fourth-order valence-corrected chi connectivity index (χ4v) is 1.85. The number of hydrogen-bond donors (Lipinski definition) is 2. The SMILES string of the molecule is CN(C)Cc1cc(C2CNC2)ccc1O. The van der Waals surface area contributed by atoms with Crippen LogP contribution in [-0.2, 0) is 6.54 Å². The maximum absolute atomic E-state index is 9.71. The molecule has 1 aliphatic heterocycles. The van der Waals surface area contributed by atoms with Gasteiger partial charge >= 0.3 is 0 Å². The number of aromatic hydroxyl groups is 1. The molecule has 1 aromatic rings. The molecule has 0 saturated carbocycles. The van der Waals surface area contributed by atoms with Crippen LogP contribution in [-0.4, -0.2) is 37.2 Å². The van der Waals surface area contributed by atoms with Crippen molar-refractivity contribution >= 4 is 0 Å². The molecule has 82 valence electrons. The Hall–Kier alpha value is -1.06. The lowest BCUT2D eigenvalue weighted by Gasteiger charge is -2.28. The van der Waals surface area contributed by atoms with Crippen molar-refractivity contribution in [1.29, 1.82) is 0 Å².